The topological polar surface area (TPSA) is 49.9 Å². The van der Waals surface area contributed by atoms with Crippen LogP contribution in [0.1, 0.15) is 32.7 Å². The van der Waals surface area contributed by atoms with Crippen LogP contribution in [0.5, 0.6) is 5.75 Å². The molecule has 35 heavy (non-hydrogen) atoms. The quantitative estimate of drug-likeness (QED) is 0.418. The molecule has 0 atom stereocenters. The first-order valence-electron chi connectivity index (χ1n) is 12.0. The maximum Gasteiger partial charge on any atom is 0.182 e. The number of fused-ring (bicyclic) bond motifs is 1. The second-order valence-corrected chi connectivity index (χ2v) is 8.94. The van der Waals surface area contributed by atoms with Crippen molar-refractivity contribution >= 4 is 17.3 Å². The van der Waals surface area contributed by atoms with E-state index in [4.69, 9.17) is 4.74 Å². The molecule has 0 N–H and O–H groups in total. The number of ether oxygens (including phenoxy) is 1. The van der Waals surface area contributed by atoms with Gasteiger partial charge in [0.15, 0.2) is 11.6 Å². The van der Waals surface area contributed by atoms with E-state index in [-0.39, 0.29) is 18.0 Å². The van der Waals surface area contributed by atoms with Crippen molar-refractivity contribution in [2.24, 2.45) is 0 Å². The molecular weight excluding hydrogens is 436 g/mol. The Balaban J connectivity index is 1.29. The van der Waals surface area contributed by atoms with Gasteiger partial charge in [-0.3, -0.25) is 14.5 Å². The number of para-hydroxylation sites is 2. The Bertz CT molecular complexity index is 1260. The number of rotatable bonds is 5. The highest BCUT2D eigenvalue weighted by Crippen LogP contribution is 2.42. The van der Waals surface area contributed by atoms with Gasteiger partial charge in [-0.15, -0.1) is 5.92 Å². The number of nitrogens with zero attached hydrogens (tertiary/aromatic N) is 2. The first kappa shape index (κ1) is 22.9. The van der Waals surface area contributed by atoms with Gasteiger partial charge in [0.2, 0.25) is 0 Å². The third-order valence-corrected chi connectivity index (χ3v) is 7.04. The van der Waals surface area contributed by atoms with Crippen LogP contribution in [0.25, 0.3) is 0 Å². The summed E-state index contributed by atoms with van der Waals surface area (Å²) < 4.78 is 5.51. The highest BCUT2D eigenvalue weighted by molar-refractivity contribution is 6.33. The highest BCUT2D eigenvalue weighted by Gasteiger charge is 2.53. The Kier molecular flexibility index (Phi) is 6.39. The van der Waals surface area contributed by atoms with Crippen molar-refractivity contribution in [2.75, 3.05) is 44.7 Å². The molecule has 3 aromatic rings. The molecule has 0 saturated carbocycles. The summed E-state index contributed by atoms with van der Waals surface area (Å²) in [6.07, 6.45) is 0.185. The Morgan fingerprint density at radius 3 is 2.03 bits per heavy atom. The molecule has 0 unspecified atom stereocenters. The fourth-order valence-electron chi connectivity index (χ4n) is 5.09. The number of carbonyl (C=O) groups is 2. The molecule has 3 aromatic carbocycles. The molecule has 5 rings (SSSR count). The van der Waals surface area contributed by atoms with Gasteiger partial charge in [0.1, 0.15) is 11.2 Å². The molecule has 1 heterocycles. The van der Waals surface area contributed by atoms with Gasteiger partial charge in [0, 0.05) is 43.7 Å². The second kappa shape index (κ2) is 9.77. The fraction of sp³-hybridized carbons (Fsp3) is 0.267. The standard InChI is InChI=1S/C30H28N2O3/c1-35-27-16-8-7-15-26(27)32-21-19-31(20-22-32)18-10-9-17-30(23-11-3-2-4-12-23)28(33)24-13-5-6-14-25(24)29(30)34/h2-8,11-16H,17-22H2,1H3. The van der Waals surface area contributed by atoms with Crippen molar-refractivity contribution < 1.29 is 14.3 Å². The molecule has 1 saturated heterocycles. The number of anilines is 1. The first-order valence-corrected chi connectivity index (χ1v) is 12.0. The molecule has 0 radical (unpaired) electrons. The second-order valence-electron chi connectivity index (χ2n) is 8.94. The lowest BCUT2D eigenvalue weighted by molar-refractivity contribution is 0.0797. The summed E-state index contributed by atoms with van der Waals surface area (Å²) in [4.78, 5) is 31.7. The maximum atomic E-state index is 13.5. The lowest BCUT2D eigenvalue weighted by Gasteiger charge is -2.35. The summed E-state index contributed by atoms with van der Waals surface area (Å²) >= 11 is 0. The average molecular weight is 465 g/mol. The molecule has 1 aliphatic heterocycles. The molecule has 2 aliphatic rings. The van der Waals surface area contributed by atoms with Crippen molar-refractivity contribution in [1.82, 2.24) is 4.90 Å². The van der Waals surface area contributed by atoms with Gasteiger partial charge in [-0.25, -0.2) is 0 Å². The van der Waals surface area contributed by atoms with Gasteiger partial charge in [-0.05, 0) is 17.7 Å². The molecule has 5 heteroatoms. The summed E-state index contributed by atoms with van der Waals surface area (Å²) in [5.74, 6) is 7.04. The molecule has 0 spiro atoms. The summed E-state index contributed by atoms with van der Waals surface area (Å²) in [6, 6.07) is 24.5. The smallest absolute Gasteiger partial charge is 0.182 e. The van der Waals surface area contributed by atoms with E-state index in [1.54, 1.807) is 31.4 Å². The minimum atomic E-state index is -1.26. The Morgan fingerprint density at radius 1 is 0.771 bits per heavy atom. The minimum absolute atomic E-state index is 0.149. The van der Waals surface area contributed by atoms with E-state index in [0.717, 1.165) is 37.6 Å². The van der Waals surface area contributed by atoms with E-state index in [1.165, 1.54) is 0 Å². The number of benzene rings is 3. The number of methoxy groups -OCH3 is 1. The van der Waals surface area contributed by atoms with Crippen molar-refractivity contribution in [2.45, 2.75) is 11.8 Å². The van der Waals surface area contributed by atoms with Crippen molar-refractivity contribution in [1.29, 1.82) is 0 Å². The van der Waals surface area contributed by atoms with E-state index in [0.29, 0.717) is 23.2 Å². The number of hydrogen-bond acceptors (Lipinski definition) is 5. The zero-order valence-electron chi connectivity index (χ0n) is 19.9. The van der Waals surface area contributed by atoms with Gasteiger partial charge in [0.25, 0.3) is 0 Å². The number of Topliss-reactive ketones (excluding diaryl/α,β-unsaturated/α-hetero) is 2. The maximum absolute atomic E-state index is 13.5. The Labute approximate surface area is 206 Å². The summed E-state index contributed by atoms with van der Waals surface area (Å²) in [5.41, 5.74) is 1.56. The predicted octanol–water partition coefficient (Wildman–Crippen LogP) is 4.23. The van der Waals surface area contributed by atoms with Crippen LogP contribution in [-0.4, -0.2) is 56.3 Å². The minimum Gasteiger partial charge on any atom is -0.495 e. The Hall–Kier alpha value is -3.88. The molecule has 0 bridgehead atoms. The third kappa shape index (κ3) is 4.11. The molecule has 0 amide bonds. The van der Waals surface area contributed by atoms with Crippen molar-refractivity contribution in [3.8, 4) is 17.6 Å². The lowest BCUT2D eigenvalue weighted by atomic mass is 9.73. The van der Waals surface area contributed by atoms with Crippen LogP contribution in [0.15, 0.2) is 78.9 Å². The molecule has 176 valence electrons. The largest absolute Gasteiger partial charge is 0.495 e. The zero-order valence-corrected chi connectivity index (χ0v) is 19.9. The van der Waals surface area contributed by atoms with E-state index in [1.807, 2.05) is 48.5 Å². The monoisotopic (exact) mass is 464 g/mol. The van der Waals surface area contributed by atoms with Crippen LogP contribution in [0.2, 0.25) is 0 Å². The summed E-state index contributed by atoms with van der Waals surface area (Å²) in [6.45, 7) is 4.17. The van der Waals surface area contributed by atoms with Gasteiger partial charge in [0.05, 0.1) is 19.3 Å². The summed E-state index contributed by atoms with van der Waals surface area (Å²) in [5, 5.41) is 0. The third-order valence-electron chi connectivity index (χ3n) is 7.04. The van der Waals surface area contributed by atoms with Crippen molar-refractivity contribution in [3.63, 3.8) is 0 Å². The van der Waals surface area contributed by atoms with Gasteiger partial charge in [-0.1, -0.05) is 72.7 Å². The van der Waals surface area contributed by atoms with E-state index < -0.39 is 5.41 Å². The van der Waals surface area contributed by atoms with Crippen LogP contribution in [0.3, 0.4) is 0 Å². The zero-order chi connectivity index (χ0) is 24.3. The lowest BCUT2D eigenvalue weighted by Crippen LogP contribution is -2.46. The normalized spacial score (nSPS) is 17.0. The van der Waals surface area contributed by atoms with Crippen molar-refractivity contribution in [3.05, 3.63) is 95.6 Å². The first-order chi connectivity index (χ1) is 17.1. The molecule has 0 aromatic heterocycles. The number of piperazine rings is 1. The highest BCUT2D eigenvalue weighted by atomic mass is 16.5. The van der Waals surface area contributed by atoms with Gasteiger partial charge in [-0.2, -0.15) is 0 Å². The predicted molar refractivity (Wildman–Crippen MR) is 137 cm³/mol. The molecular formula is C30H28N2O3. The molecule has 1 fully saturated rings. The van der Waals surface area contributed by atoms with E-state index >= 15 is 0 Å². The van der Waals surface area contributed by atoms with Crippen LogP contribution in [-0.2, 0) is 5.41 Å². The van der Waals surface area contributed by atoms with E-state index in [2.05, 4.69) is 27.7 Å². The van der Waals surface area contributed by atoms with Crippen LogP contribution in [0, 0.1) is 11.8 Å². The SMILES string of the molecule is COc1ccccc1N1CCN(CC#CCC2(c3ccccc3)C(=O)c3ccccc3C2=O)CC1. The Morgan fingerprint density at radius 2 is 1.37 bits per heavy atom. The number of ketones is 2. The van der Waals surface area contributed by atoms with E-state index in [9.17, 15) is 9.59 Å². The molecule has 5 nitrogen and oxygen atoms in total. The average Bonchev–Trinajstić information content (AvgIpc) is 3.14. The van der Waals surface area contributed by atoms with Gasteiger partial charge >= 0.3 is 0 Å². The van der Waals surface area contributed by atoms with Crippen LogP contribution < -0.4 is 9.64 Å². The number of hydrogen-bond donors (Lipinski definition) is 0. The molecule has 1 aliphatic carbocycles. The van der Waals surface area contributed by atoms with Crippen LogP contribution >= 0.6 is 0 Å². The number of carbonyl (C=O) groups excluding carboxylic acids is 2. The summed E-state index contributed by atoms with van der Waals surface area (Å²) in [7, 11) is 1.70. The van der Waals surface area contributed by atoms with Gasteiger partial charge < -0.3 is 9.64 Å². The fourth-order valence-corrected chi connectivity index (χ4v) is 5.09. The van der Waals surface area contributed by atoms with Crippen LogP contribution in [0.4, 0.5) is 5.69 Å².